The van der Waals surface area contributed by atoms with E-state index in [1.807, 2.05) is 6.07 Å². The van der Waals surface area contributed by atoms with Gasteiger partial charge in [-0.1, -0.05) is 6.07 Å². The van der Waals surface area contributed by atoms with Gasteiger partial charge in [0.1, 0.15) is 0 Å². The SMILES string of the molecule is OC(CN1CCC(COc2ccccn2)CC1)C(F)(F)F. The lowest BCUT2D eigenvalue weighted by atomic mass is 9.97. The largest absolute Gasteiger partial charge is 0.477 e. The van der Waals surface area contributed by atoms with Gasteiger partial charge in [-0.2, -0.15) is 13.2 Å². The fraction of sp³-hybridized carbons (Fsp3) is 0.643. The highest BCUT2D eigenvalue weighted by molar-refractivity contribution is 5.09. The second kappa shape index (κ2) is 7.09. The van der Waals surface area contributed by atoms with Crippen molar-refractivity contribution in [1.29, 1.82) is 0 Å². The summed E-state index contributed by atoms with van der Waals surface area (Å²) in [5.74, 6) is 0.874. The number of hydrogen-bond acceptors (Lipinski definition) is 4. The fourth-order valence-corrected chi connectivity index (χ4v) is 2.32. The first-order valence-corrected chi connectivity index (χ1v) is 6.96. The number of likely N-dealkylation sites (tertiary alicyclic amines) is 1. The molecule has 0 radical (unpaired) electrons. The van der Waals surface area contributed by atoms with E-state index in [-0.39, 0.29) is 6.54 Å². The molecule has 1 aromatic rings. The highest BCUT2D eigenvalue weighted by Crippen LogP contribution is 2.23. The van der Waals surface area contributed by atoms with E-state index in [4.69, 9.17) is 9.84 Å². The van der Waals surface area contributed by atoms with Gasteiger partial charge in [0, 0.05) is 18.8 Å². The first-order valence-electron chi connectivity index (χ1n) is 6.96. The molecule has 118 valence electrons. The van der Waals surface area contributed by atoms with Crippen molar-refractivity contribution in [1.82, 2.24) is 9.88 Å². The van der Waals surface area contributed by atoms with Crippen LogP contribution < -0.4 is 4.74 Å². The summed E-state index contributed by atoms with van der Waals surface area (Å²) in [5, 5.41) is 9.06. The van der Waals surface area contributed by atoms with Crippen LogP contribution in [-0.2, 0) is 0 Å². The van der Waals surface area contributed by atoms with Crippen molar-refractivity contribution in [2.24, 2.45) is 5.92 Å². The summed E-state index contributed by atoms with van der Waals surface area (Å²) in [5.41, 5.74) is 0. The molecule has 1 atom stereocenters. The van der Waals surface area contributed by atoms with Gasteiger partial charge in [-0.05, 0) is 37.9 Å². The lowest BCUT2D eigenvalue weighted by molar-refractivity contribution is -0.208. The predicted molar refractivity (Wildman–Crippen MR) is 71.0 cm³/mol. The molecule has 2 heterocycles. The maximum Gasteiger partial charge on any atom is 0.415 e. The number of piperidine rings is 1. The quantitative estimate of drug-likeness (QED) is 0.905. The molecule has 1 saturated heterocycles. The average Bonchev–Trinajstić information content (AvgIpc) is 2.46. The summed E-state index contributed by atoms with van der Waals surface area (Å²) >= 11 is 0. The number of nitrogens with zero attached hydrogens (tertiary/aromatic N) is 2. The van der Waals surface area contributed by atoms with Gasteiger partial charge >= 0.3 is 6.18 Å². The number of hydrogen-bond donors (Lipinski definition) is 1. The number of halogens is 3. The van der Waals surface area contributed by atoms with Gasteiger partial charge in [0.25, 0.3) is 0 Å². The van der Waals surface area contributed by atoms with E-state index < -0.39 is 12.3 Å². The molecule has 4 nitrogen and oxygen atoms in total. The molecule has 2 rings (SSSR count). The lowest BCUT2D eigenvalue weighted by Crippen LogP contribution is -2.44. The smallest absolute Gasteiger partial charge is 0.415 e. The van der Waals surface area contributed by atoms with E-state index in [1.54, 1.807) is 23.2 Å². The Kier molecular flexibility index (Phi) is 5.41. The topological polar surface area (TPSA) is 45.6 Å². The van der Waals surface area contributed by atoms with Gasteiger partial charge in [-0.3, -0.25) is 0 Å². The summed E-state index contributed by atoms with van der Waals surface area (Å²) in [7, 11) is 0. The number of aliphatic hydroxyl groups excluding tert-OH is 1. The van der Waals surface area contributed by atoms with Crippen LogP contribution in [0.4, 0.5) is 13.2 Å². The summed E-state index contributed by atoms with van der Waals surface area (Å²) < 4.78 is 42.4. The third-order valence-electron chi connectivity index (χ3n) is 3.62. The van der Waals surface area contributed by atoms with E-state index in [1.165, 1.54) is 0 Å². The minimum Gasteiger partial charge on any atom is -0.477 e. The van der Waals surface area contributed by atoms with E-state index >= 15 is 0 Å². The third kappa shape index (κ3) is 5.17. The molecular weight excluding hydrogens is 285 g/mol. The first-order chi connectivity index (χ1) is 9.95. The molecule has 1 unspecified atom stereocenters. The van der Waals surface area contributed by atoms with Crippen LogP contribution in [-0.4, -0.2) is 53.5 Å². The Morgan fingerprint density at radius 2 is 2.05 bits per heavy atom. The van der Waals surface area contributed by atoms with Gasteiger partial charge in [-0.25, -0.2) is 4.98 Å². The van der Waals surface area contributed by atoms with Crippen LogP contribution in [0.2, 0.25) is 0 Å². The van der Waals surface area contributed by atoms with Crippen molar-refractivity contribution in [3.63, 3.8) is 0 Å². The third-order valence-corrected chi connectivity index (χ3v) is 3.62. The summed E-state index contributed by atoms with van der Waals surface area (Å²) in [4.78, 5) is 5.70. The monoisotopic (exact) mass is 304 g/mol. The van der Waals surface area contributed by atoms with Gasteiger partial charge in [0.15, 0.2) is 6.10 Å². The molecule has 7 heteroatoms. The van der Waals surface area contributed by atoms with Crippen LogP contribution in [0.15, 0.2) is 24.4 Å². The Bertz CT molecular complexity index is 420. The molecule has 0 saturated carbocycles. The van der Waals surface area contributed by atoms with Gasteiger partial charge in [-0.15, -0.1) is 0 Å². The number of ether oxygens (including phenoxy) is 1. The van der Waals surface area contributed by atoms with Crippen molar-refractivity contribution >= 4 is 0 Å². The van der Waals surface area contributed by atoms with Crippen molar-refractivity contribution < 1.29 is 23.0 Å². The number of aromatic nitrogens is 1. The molecule has 1 aliphatic rings. The highest BCUT2D eigenvalue weighted by Gasteiger charge is 2.39. The molecule has 0 bridgehead atoms. The molecular formula is C14H19F3N2O2. The average molecular weight is 304 g/mol. The van der Waals surface area contributed by atoms with E-state index in [2.05, 4.69) is 4.98 Å². The van der Waals surface area contributed by atoms with E-state index in [0.29, 0.717) is 31.5 Å². The zero-order valence-electron chi connectivity index (χ0n) is 11.6. The zero-order chi connectivity index (χ0) is 15.3. The van der Waals surface area contributed by atoms with Crippen molar-refractivity contribution in [3.05, 3.63) is 24.4 Å². The Balaban J connectivity index is 1.69. The first kappa shape index (κ1) is 16.0. The zero-order valence-corrected chi connectivity index (χ0v) is 11.6. The van der Waals surface area contributed by atoms with Gasteiger partial charge in [0.05, 0.1) is 6.61 Å². The standard InChI is InChI=1S/C14H19F3N2O2/c15-14(16,17)12(20)9-19-7-4-11(5-8-19)10-21-13-3-1-2-6-18-13/h1-3,6,11-12,20H,4-5,7-10H2. The van der Waals surface area contributed by atoms with Gasteiger partial charge in [0.2, 0.25) is 5.88 Å². The second-order valence-corrected chi connectivity index (χ2v) is 5.28. The maximum absolute atomic E-state index is 12.3. The Hall–Kier alpha value is -1.34. The van der Waals surface area contributed by atoms with Crippen LogP contribution in [0, 0.1) is 5.92 Å². The van der Waals surface area contributed by atoms with Crippen LogP contribution in [0.25, 0.3) is 0 Å². The maximum atomic E-state index is 12.3. The molecule has 0 aromatic carbocycles. The van der Waals surface area contributed by atoms with Crippen molar-refractivity contribution in [2.45, 2.75) is 25.1 Å². The predicted octanol–water partition coefficient (Wildman–Crippen LogP) is 2.10. The molecule has 1 aliphatic heterocycles. The van der Waals surface area contributed by atoms with Gasteiger partial charge < -0.3 is 14.7 Å². The number of alkyl halides is 3. The molecule has 1 aromatic heterocycles. The Morgan fingerprint density at radius 1 is 1.33 bits per heavy atom. The van der Waals surface area contributed by atoms with E-state index in [0.717, 1.165) is 12.8 Å². The molecule has 0 spiro atoms. The van der Waals surface area contributed by atoms with E-state index in [9.17, 15) is 13.2 Å². The Labute approximate surface area is 121 Å². The Morgan fingerprint density at radius 3 is 2.62 bits per heavy atom. The molecule has 1 fully saturated rings. The number of rotatable bonds is 5. The van der Waals surface area contributed by atoms with Crippen molar-refractivity contribution in [2.75, 3.05) is 26.2 Å². The lowest BCUT2D eigenvalue weighted by Gasteiger charge is -2.33. The van der Waals surface area contributed by atoms with Crippen LogP contribution in [0.1, 0.15) is 12.8 Å². The summed E-state index contributed by atoms with van der Waals surface area (Å²) in [6, 6.07) is 5.41. The van der Waals surface area contributed by atoms with Crippen molar-refractivity contribution in [3.8, 4) is 5.88 Å². The molecule has 21 heavy (non-hydrogen) atoms. The summed E-state index contributed by atoms with van der Waals surface area (Å²) in [6.45, 7) is 1.26. The van der Waals surface area contributed by atoms with Crippen LogP contribution in [0.5, 0.6) is 5.88 Å². The minimum atomic E-state index is -4.54. The normalized spacial score (nSPS) is 19.4. The highest BCUT2D eigenvalue weighted by atomic mass is 19.4. The number of β-amino-alcohol motifs (C(OH)–C–C–N with tert-alkyl or cyclic N) is 1. The summed E-state index contributed by atoms with van der Waals surface area (Å²) in [6.07, 6.45) is -3.64. The van der Waals surface area contributed by atoms with Crippen LogP contribution >= 0.6 is 0 Å². The second-order valence-electron chi connectivity index (χ2n) is 5.28. The molecule has 0 aliphatic carbocycles. The fourth-order valence-electron chi connectivity index (χ4n) is 2.32. The number of pyridine rings is 1. The van der Waals surface area contributed by atoms with Crippen LogP contribution in [0.3, 0.4) is 0 Å². The molecule has 1 N–H and O–H groups in total. The number of aliphatic hydroxyl groups is 1. The molecule has 0 amide bonds. The minimum absolute atomic E-state index is 0.311.